The van der Waals surface area contributed by atoms with Gasteiger partial charge in [0.1, 0.15) is 0 Å². The van der Waals surface area contributed by atoms with Crippen molar-refractivity contribution in [2.24, 2.45) is 0 Å². The quantitative estimate of drug-likeness (QED) is 0.764. The molecule has 2 aromatic rings. The number of alkyl halides is 3. The summed E-state index contributed by atoms with van der Waals surface area (Å²) in [7, 11) is -2.37. The van der Waals surface area contributed by atoms with Crippen LogP contribution in [-0.4, -0.2) is 26.4 Å². The van der Waals surface area contributed by atoms with E-state index in [1.165, 1.54) is 12.1 Å². The van der Waals surface area contributed by atoms with Crippen LogP contribution >= 0.6 is 0 Å². The minimum Gasteiger partial charge on any atom is -0.300 e. The Morgan fingerprint density at radius 2 is 1.56 bits per heavy atom. The van der Waals surface area contributed by atoms with Gasteiger partial charge in [-0.15, -0.1) is 0 Å². The molecule has 0 aliphatic carbocycles. The molecule has 0 radical (unpaired) electrons. The molecule has 0 unspecified atom stereocenters. The second-order valence-corrected chi connectivity index (χ2v) is 8.33. The Morgan fingerprint density at radius 1 is 1.00 bits per heavy atom. The van der Waals surface area contributed by atoms with Gasteiger partial charge in [-0.05, 0) is 44.2 Å². The standard InChI is InChI=1S/C19H23F3N2O2S/c1-14(2)24(3)13-16-9-5-4-8-15(16)12-23-27(25,26)18-11-7-6-10-17(18)19(20,21)22/h4-11,14,23H,12-13H2,1-3H3. The maximum Gasteiger partial charge on any atom is 0.417 e. The molecule has 0 amide bonds. The molecule has 1 N–H and O–H groups in total. The number of benzene rings is 2. The highest BCUT2D eigenvalue weighted by Gasteiger charge is 2.36. The summed E-state index contributed by atoms with van der Waals surface area (Å²) in [5, 5.41) is 0. The molecule has 0 atom stereocenters. The Morgan fingerprint density at radius 3 is 2.15 bits per heavy atom. The SMILES string of the molecule is CC(C)N(C)Cc1ccccc1CNS(=O)(=O)c1ccccc1C(F)(F)F. The molecule has 2 aromatic carbocycles. The molecule has 27 heavy (non-hydrogen) atoms. The van der Waals surface area contributed by atoms with Crippen LogP contribution in [0.4, 0.5) is 13.2 Å². The van der Waals surface area contributed by atoms with E-state index in [9.17, 15) is 21.6 Å². The average Bonchev–Trinajstić information content (AvgIpc) is 2.60. The minimum absolute atomic E-state index is 0.0867. The maximum absolute atomic E-state index is 13.1. The molecular formula is C19H23F3N2O2S. The van der Waals surface area contributed by atoms with Gasteiger partial charge in [0.05, 0.1) is 10.5 Å². The summed E-state index contributed by atoms with van der Waals surface area (Å²) in [6.07, 6.45) is -4.75. The van der Waals surface area contributed by atoms with Gasteiger partial charge in [0, 0.05) is 19.1 Å². The van der Waals surface area contributed by atoms with Crippen molar-refractivity contribution in [1.29, 1.82) is 0 Å². The Hall–Kier alpha value is -1.90. The highest BCUT2D eigenvalue weighted by atomic mass is 32.2. The van der Waals surface area contributed by atoms with Gasteiger partial charge in [-0.2, -0.15) is 13.2 Å². The molecule has 0 aromatic heterocycles. The van der Waals surface area contributed by atoms with Gasteiger partial charge < -0.3 is 0 Å². The fourth-order valence-electron chi connectivity index (χ4n) is 2.52. The fourth-order valence-corrected chi connectivity index (χ4v) is 3.75. The molecule has 0 saturated heterocycles. The van der Waals surface area contributed by atoms with Crippen molar-refractivity contribution in [3.63, 3.8) is 0 Å². The molecule has 0 fully saturated rings. The van der Waals surface area contributed by atoms with Crippen LogP contribution in [0.1, 0.15) is 30.5 Å². The molecule has 4 nitrogen and oxygen atoms in total. The number of nitrogens with one attached hydrogen (secondary N) is 1. The number of sulfonamides is 1. The normalized spacial score (nSPS) is 12.7. The zero-order valence-corrected chi connectivity index (χ0v) is 16.2. The average molecular weight is 400 g/mol. The summed E-state index contributed by atoms with van der Waals surface area (Å²) in [5.41, 5.74) is 0.462. The van der Waals surface area contributed by atoms with Crippen molar-refractivity contribution in [1.82, 2.24) is 9.62 Å². The Bertz CT molecular complexity index is 881. The summed E-state index contributed by atoms with van der Waals surface area (Å²) in [4.78, 5) is 1.32. The van der Waals surface area contributed by atoms with E-state index in [2.05, 4.69) is 9.62 Å². The van der Waals surface area contributed by atoms with Crippen LogP contribution in [0.3, 0.4) is 0 Å². The van der Waals surface area contributed by atoms with Crippen molar-refractivity contribution in [3.05, 3.63) is 65.2 Å². The van der Waals surface area contributed by atoms with Gasteiger partial charge in [-0.1, -0.05) is 36.4 Å². The first kappa shape index (κ1) is 21.4. The first-order valence-electron chi connectivity index (χ1n) is 8.45. The predicted molar refractivity (Wildman–Crippen MR) is 98.5 cm³/mol. The topological polar surface area (TPSA) is 49.4 Å². The Labute approximate surface area is 158 Å². The number of hydrogen-bond donors (Lipinski definition) is 1. The van der Waals surface area contributed by atoms with Crippen LogP contribution in [0, 0.1) is 0 Å². The molecule has 0 aliphatic rings. The summed E-state index contributed by atoms with van der Waals surface area (Å²) < 4.78 is 66.7. The van der Waals surface area contributed by atoms with Crippen LogP contribution in [0.2, 0.25) is 0 Å². The van der Waals surface area contributed by atoms with Crippen LogP contribution in [0.25, 0.3) is 0 Å². The van der Waals surface area contributed by atoms with Crippen molar-refractivity contribution in [2.45, 2.75) is 44.1 Å². The van der Waals surface area contributed by atoms with E-state index in [1.54, 1.807) is 12.1 Å². The first-order valence-corrected chi connectivity index (χ1v) is 9.93. The highest BCUT2D eigenvalue weighted by molar-refractivity contribution is 7.89. The lowest BCUT2D eigenvalue weighted by molar-refractivity contribution is -0.139. The van der Waals surface area contributed by atoms with Gasteiger partial charge in [0.2, 0.25) is 10.0 Å². The van der Waals surface area contributed by atoms with Gasteiger partial charge in [0.15, 0.2) is 0 Å². The Balaban J connectivity index is 2.25. The van der Waals surface area contributed by atoms with Crippen LogP contribution in [0.5, 0.6) is 0 Å². The molecule has 0 heterocycles. The second-order valence-electron chi connectivity index (χ2n) is 6.60. The lowest BCUT2D eigenvalue weighted by Gasteiger charge is -2.22. The maximum atomic E-state index is 13.1. The second kappa shape index (κ2) is 8.41. The predicted octanol–water partition coefficient (Wildman–Crippen LogP) is 4.02. The zero-order valence-electron chi connectivity index (χ0n) is 15.4. The summed E-state index contributed by atoms with van der Waals surface area (Å²) in [5.74, 6) is 0. The van der Waals surface area contributed by atoms with E-state index in [0.29, 0.717) is 12.6 Å². The van der Waals surface area contributed by atoms with E-state index in [1.807, 2.05) is 33.0 Å². The van der Waals surface area contributed by atoms with E-state index >= 15 is 0 Å². The van der Waals surface area contributed by atoms with E-state index in [4.69, 9.17) is 0 Å². The van der Waals surface area contributed by atoms with Crippen LogP contribution < -0.4 is 4.72 Å². The molecule has 0 aliphatic heterocycles. The van der Waals surface area contributed by atoms with Crippen molar-refractivity contribution >= 4 is 10.0 Å². The number of rotatable bonds is 7. The number of hydrogen-bond acceptors (Lipinski definition) is 3. The van der Waals surface area contributed by atoms with E-state index in [-0.39, 0.29) is 6.54 Å². The largest absolute Gasteiger partial charge is 0.417 e. The van der Waals surface area contributed by atoms with E-state index < -0.39 is 26.7 Å². The fraction of sp³-hybridized carbons (Fsp3) is 0.368. The lowest BCUT2D eigenvalue weighted by Crippen LogP contribution is -2.28. The molecule has 0 saturated carbocycles. The van der Waals surface area contributed by atoms with Gasteiger partial charge >= 0.3 is 6.18 Å². The van der Waals surface area contributed by atoms with Crippen LogP contribution in [-0.2, 0) is 29.3 Å². The number of halogens is 3. The summed E-state index contributed by atoms with van der Waals surface area (Å²) in [6, 6.07) is 11.7. The number of nitrogens with zero attached hydrogens (tertiary/aromatic N) is 1. The monoisotopic (exact) mass is 400 g/mol. The smallest absolute Gasteiger partial charge is 0.300 e. The van der Waals surface area contributed by atoms with E-state index in [0.717, 1.165) is 23.3 Å². The van der Waals surface area contributed by atoms with Gasteiger partial charge in [0.25, 0.3) is 0 Å². The molecule has 148 valence electrons. The van der Waals surface area contributed by atoms with Crippen molar-refractivity contribution in [2.75, 3.05) is 7.05 Å². The van der Waals surface area contributed by atoms with Gasteiger partial charge in [-0.25, -0.2) is 13.1 Å². The molecule has 2 rings (SSSR count). The van der Waals surface area contributed by atoms with Gasteiger partial charge in [-0.3, -0.25) is 4.90 Å². The lowest BCUT2D eigenvalue weighted by atomic mass is 10.1. The third-order valence-corrected chi connectivity index (χ3v) is 5.81. The third kappa shape index (κ3) is 5.54. The Kier molecular flexibility index (Phi) is 6.67. The van der Waals surface area contributed by atoms with Crippen LogP contribution in [0.15, 0.2) is 53.4 Å². The zero-order chi connectivity index (χ0) is 20.2. The third-order valence-electron chi connectivity index (χ3n) is 4.35. The van der Waals surface area contributed by atoms with Crippen molar-refractivity contribution in [3.8, 4) is 0 Å². The summed E-state index contributed by atoms with van der Waals surface area (Å²) >= 11 is 0. The summed E-state index contributed by atoms with van der Waals surface area (Å²) in [6.45, 7) is 4.60. The highest BCUT2D eigenvalue weighted by Crippen LogP contribution is 2.33. The molecule has 0 bridgehead atoms. The molecular weight excluding hydrogens is 377 g/mol. The molecule has 0 spiro atoms. The van der Waals surface area contributed by atoms with Crippen molar-refractivity contribution < 1.29 is 21.6 Å². The minimum atomic E-state index is -4.75. The molecule has 8 heteroatoms. The first-order chi connectivity index (χ1) is 12.5.